The summed E-state index contributed by atoms with van der Waals surface area (Å²) in [5.41, 5.74) is 1.93. The van der Waals surface area contributed by atoms with Crippen LogP contribution in [0.4, 0.5) is 5.69 Å². The van der Waals surface area contributed by atoms with Gasteiger partial charge in [0.2, 0.25) is 0 Å². The maximum Gasteiger partial charge on any atom is 0.313 e. The summed E-state index contributed by atoms with van der Waals surface area (Å²) in [7, 11) is 0. The molecule has 1 aliphatic rings. The van der Waals surface area contributed by atoms with Crippen LogP contribution >= 0.6 is 0 Å². The molecule has 1 heterocycles. The smallest absolute Gasteiger partial charge is 0.313 e. The van der Waals surface area contributed by atoms with Crippen LogP contribution in [-0.2, 0) is 16.1 Å². The molecule has 0 aromatic heterocycles. The Bertz CT molecular complexity index is 974. The average molecular weight is 373 g/mol. The summed E-state index contributed by atoms with van der Waals surface area (Å²) in [4.78, 5) is 29.1. The molecule has 142 valence electrons. The SMILES string of the molecule is O=C(Nc1cccc2ccccc12)C(=O)N1CCN(Cc2ccccc2)CC1. The first-order chi connectivity index (χ1) is 13.7. The van der Waals surface area contributed by atoms with Crippen LogP contribution in [0.15, 0.2) is 72.8 Å². The fraction of sp³-hybridized carbons (Fsp3) is 0.217. The van der Waals surface area contributed by atoms with E-state index in [1.807, 2.05) is 60.7 Å². The molecule has 1 saturated heterocycles. The number of anilines is 1. The predicted octanol–water partition coefficient (Wildman–Crippen LogP) is 3.12. The highest BCUT2D eigenvalue weighted by Crippen LogP contribution is 2.23. The lowest BCUT2D eigenvalue weighted by atomic mass is 10.1. The summed E-state index contributed by atoms with van der Waals surface area (Å²) in [5, 5.41) is 4.75. The minimum Gasteiger partial charge on any atom is -0.332 e. The van der Waals surface area contributed by atoms with Gasteiger partial charge in [0.1, 0.15) is 0 Å². The zero-order valence-electron chi connectivity index (χ0n) is 15.7. The molecule has 0 unspecified atom stereocenters. The van der Waals surface area contributed by atoms with Gasteiger partial charge in [-0.15, -0.1) is 0 Å². The van der Waals surface area contributed by atoms with E-state index in [9.17, 15) is 9.59 Å². The van der Waals surface area contributed by atoms with Crippen LogP contribution in [0.25, 0.3) is 10.8 Å². The number of nitrogens with one attached hydrogen (secondary N) is 1. The van der Waals surface area contributed by atoms with Crippen LogP contribution in [0.1, 0.15) is 5.56 Å². The Kier molecular flexibility index (Phi) is 5.35. The van der Waals surface area contributed by atoms with Gasteiger partial charge < -0.3 is 10.2 Å². The van der Waals surface area contributed by atoms with Gasteiger partial charge in [0.25, 0.3) is 0 Å². The third-order valence-electron chi connectivity index (χ3n) is 5.14. The Morgan fingerprint density at radius 1 is 0.786 bits per heavy atom. The number of piperazine rings is 1. The number of rotatable bonds is 3. The Labute approximate surface area is 164 Å². The molecular formula is C23H23N3O2. The van der Waals surface area contributed by atoms with Gasteiger partial charge in [-0.3, -0.25) is 14.5 Å². The van der Waals surface area contributed by atoms with E-state index in [1.165, 1.54) is 5.56 Å². The second kappa shape index (κ2) is 8.23. The highest BCUT2D eigenvalue weighted by Gasteiger charge is 2.26. The van der Waals surface area contributed by atoms with Crippen molar-refractivity contribution < 1.29 is 9.59 Å². The van der Waals surface area contributed by atoms with Crippen LogP contribution in [0, 0.1) is 0 Å². The molecule has 4 rings (SSSR count). The molecule has 0 aliphatic carbocycles. The predicted molar refractivity (Wildman–Crippen MR) is 111 cm³/mol. The Balaban J connectivity index is 1.35. The molecule has 0 spiro atoms. The summed E-state index contributed by atoms with van der Waals surface area (Å²) < 4.78 is 0. The summed E-state index contributed by atoms with van der Waals surface area (Å²) in [5.74, 6) is -1.04. The fourth-order valence-electron chi connectivity index (χ4n) is 3.60. The van der Waals surface area contributed by atoms with Crippen molar-refractivity contribution in [2.75, 3.05) is 31.5 Å². The van der Waals surface area contributed by atoms with Crippen LogP contribution in [0.3, 0.4) is 0 Å². The van der Waals surface area contributed by atoms with E-state index < -0.39 is 11.8 Å². The molecule has 2 amide bonds. The highest BCUT2D eigenvalue weighted by molar-refractivity contribution is 6.40. The Morgan fingerprint density at radius 3 is 2.25 bits per heavy atom. The van der Waals surface area contributed by atoms with Gasteiger partial charge in [-0.05, 0) is 17.0 Å². The van der Waals surface area contributed by atoms with Crippen molar-refractivity contribution >= 4 is 28.3 Å². The standard InChI is InChI=1S/C23H23N3O2/c27-22(24-21-12-6-10-19-9-4-5-11-20(19)21)23(28)26-15-13-25(14-16-26)17-18-7-2-1-3-8-18/h1-12H,13-17H2,(H,24,27). The molecule has 3 aromatic carbocycles. The van der Waals surface area contributed by atoms with Crippen molar-refractivity contribution in [3.05, 3.63) is 78.4 Å². The largest absolute Gasteiger partial charge is 0.332 e. The van der Waals surface area contributed by atoms with Crippen molar-refractivity contribution in [3.63, 3.8) is 0 Å². The van der Waals surface area contributed by atoms with E-state index in [2.05, 4.69) is 22.3 Å². The summed E-state index contributed by atoms with van der Waals surface area (Å²) in [6.45, 7) is 3.53. The number of carbonyl (C=O) groups is 2. The lowest BCUT2D eigenvalue weighted by Gasteiger charge is -2.34. The molecule has 28 heavy (non-hydrogen) atoms. The first-order valence-corrected chi connectivity index (χ1v) is 9.55. The summed E-state index contributed by atoms with van der Waals surface area (Å²) >= 11 is 0. The number of amides is 2. The minimum absolute atomic E-state index is 0.465. The topological polar surface area (TPSA) is 52.7 Å². The molecule has 1 N–H and O–H groups in total. The molecule has 1 fully saturated rings. The first kappa shape index (κ1) is 18.2. The van der Waals surface area contributed by atoms with Crippen LogP contribution in [0.5, 0.6) is 0 Å². The van der Waals surface area contributed by atoms with Crippen LogP contribution in [-0.4, -0.2) is 47.8 Å². The third-order valence-corrected chi connectivity index (χ3v) is 5.14. The number of hydrogen-bond donors (Lipinski definition) is 1. The highest BCUT2D eigenvalue weighted by atomic mass is 16.2. The van der Waals surface area contributed by atoms with Gasteiger partial charge in [0.05, 0.1) is 0 Å². The van der Waals surface area contributed by atoms with Crippen molar-refractivity contribution in [1.82, 2.24) is 9.80 Å². The zero-order valence-corrected chi connectivity index (χ0v) is 15.7. The molecular weight excluding hydrogens is 350 g/mol. The Hall–Kier alpha value is -3.18. The van der Waals surface area contributed by atoms with E-state index in [0.29, 0.717) is 18.8 Å². The van der Waals surface area contributed by atoms with Gasteiger partial charge >= 0.3 is 11.8 Å². The number of hydrogen-bond acceptors (Lipinski definition) is 3. The number of carbonyl (C=O) groups excluding carboxylic acids is 2. The molecule has 5 nitrogen and oxygen atoms in total. The number of nitrogens with zero attached hydrogens (tertiary/aromatic N) is 2. The van der Waals surface area contributed by atoms with Crippen LogP contribution < -0.4 is 5.32 Å². The van der Waals surface area contributed by atoms with E-state index in [1.54, 1.807) is 4.90 Å². The van der Waals surface area contributed by atoms with Crippen molar-refractivity contribution in [3.8, 4) is 0 Å². The van der Waals surface area contributed by atoms with E-state index in [-0.39, 0.29) is 0 Å². The van der Waals surface area contributed by atoms with Crippen molar-refractivity contribution in [1.29, 1.82) is 0 Å². The van der Waals surface area contributed by atoms with Gasteiger partial charge in [-0.25, -0.2) is 0 Å². The first-order valence-electron chi connectivity index (χ1n) is 9.55. The van der Waals surface area contributed by atoms with Gasteiger partial charge in [0, 0.05) is 43.8 Å². The van der Waals surface area contributed by atoms with Crippen molar-refractivity contribution in [2.24, 2.45) is 0 Å². The lowest BCUT2D eigenvalue weighted by Crippen LogP contribution is -2.51. The maximum atomic E-state index is 12.6. The van der Waals surface area contributed by atoms with Gasteiger partial charge in [0.15, 0.2) is 0 Å². The Morgan fingerprint density at radius 2 is 1.46 bits per heavy atom. The maximum absolute atomic E-state index is 12.6. The molecule has 5 heteroatoms. The monoisotopic (exact) mass is 373 g/mol. The molecule has 0 atom stereocenters. The molecule has 0 bridgehead atoms. The normalized spacial score (nSPS) is 14.8. The van der Waals surface area contributed by atoms with Crippen LogP contribution in [0.2, 0.25) is 0 Å². The second-order valence-corrected chi connectivity index (χ2v) is 7.03. The molecule has 0 saturated carbocycles. The number of benzene rings is 3. The quantitative estimate of drug-likeness (QED) is 0.718. The molecule has 1 aliphatic heterocycles. The average Bonchev–Trinajstić information content (AvgIpc) is 2.75. The second-order valence-electron chi connectivity index (χ2n) is 7.03. The van der Waals surface area contributed by atoms with E-state index in [0.717, 1.165) is 30.4 Å². The summed E-state index contributed by atoms with van der Waals surface area (Å²) in [6.07, 6.45) is 0. The molecule has 3 aromatic rings. The van der Waals surface area contributed by atoms with E-state index in [4.69, 9.17) is 0 Å². The number of fused-ring (bicyclic) bond motifs is 1. The zero-order chi connectivity index (χ0) is 19.3. The van der Waals surface area contributed by atoms with Gasteiger partial charge in [-0.1, -0.05) is 66.7 Å². The van der Waals surface area contributed by atoms with E-state index >= 15 is 0 Å². The fourth-order valence-corrected chi connectivity index (χ4v) is 3.60. The van der Waals surface area contributed by atoms with Crippen molar-refractivity contribution in [2.45, 2.75) is 6.54 Å². The minimum atomic E-state index is -0.576. The lowest BCUT2D eigenvalue weighted by molar-refractivity contribution is -0.144. The summed E-state index contributed by atoms with van der Waals surface area (Å²) in [6, 6.07) is 23.8. The van der Waals surface area contributed by atoms with Gasteiger partial charge in [-0.2, -0.15) is 0 Å². The third kappa shape index (κ3) is 4.05. The molecule has 0 radical (unpaired) electrons.